The Morgan fingerprint density at radius 1 is 0.295 bits per heavy atom. The van der Waals surface area contributed by atoms with E-state index in [4.69, 9.17) is 0 Å². The molecular weight excluding hydrogens is 753 g/mol. The molecule has 1 aliphatic carbocycles. The summed E-state index contributed by atoms with van der Waals surface area (Å²) in [6, 6.07) is 59.9. The van der Waals surface area contributed by atoms with Crippen LogP contribution in [0.4, 0.5) is 0 Å². The third-order valence-electron chi connectivity index (χ3n) is 13.5. The molecule has 0 saturated heterocycles. The summed E-state index contributed by atoms with van der Waals surface area (Å²) in [5, 5.41) is 10.5. The first-order chi connectivity index (χ1) is 29.8. The van der Waals surface area contributed by atoms with Gasteiger partial charge in [-0.2, -0.15) is 0 Å². The molecule has 0 N–H and O–H groups in total. The Labute approximate surface area is 361 Å². The van der Waals surface area contributed by atoms with E-state index in [-0.39, 0.29) is 0 Å². The summed E-state index contributed by atoms with van der Waals surface area (Å²) in [5.41, 5.74) is 23.8. The molecule has 61 heavy (non-hydrogen) atoms. The lowest BCUT2D eigenvalue weighted by Gasteiger charge is -2.24. The second kappa shape index (κ2) is 13.4. The maximum atomic E-state index is 2.47. The molecule has 0 spiro atoms. The van der Waals surface area contributed by atoms with Crippen LogP contribution in [-0.2, 0) is 0 Å². The van der Waals surface area contributed by atoms with E-state index in [2.05, 4.69) is 199 Å². The fraction of sp³-hybridized carbons (Fsp3) is 0.100. The van der Waals surface area contributed by atoms with Crippen LogP contribution < -0.4 is 0 Å². The minimum Gasteiger partial charge on any atom is -0.134 e. The quantitative estimate of drug-likeness (QED) is 0.166. The lowest BCUT2D eigenvalue weighted by Crippen LogP contribution is -1.99. The molecule has 0 unspecified atom stereocenters. The van der Waals surface area contributed by atoms with Crippen molar-refractivity contribution in [2.45, 2.75) is 41.5 Å². The van der Waals surface area contributed by atoms with Gasteiger partial charge in [0.1, 0.15) is 0 Å². The van der Waals surface area contributed by atoms with Gasteiger partial charge in [0.2, 0.25) is 0 Å². The molecule has 290 valence electrons. The molecule has 11 aromatic rings. The van der Waals surface area contributed by atoms with Gasteiger partial charge in [0.15, 0.2) is 0 Å². The van der Waals surface area contributed by atoms with Crippen LogP contribution in [0.2, 0.25) is 0 Å². The Morgan fingerprint density at radius 3 is 1.31 bits per heavy atom. The highest BCUT2D eigenvalue weighted by atomic mass is 32.1. The Kier molecular flexibility index (Phi) is 7.90. The fourth-order valence-corrected chi connectivity index (χ4v) is 12.8. The number of hydrogen-bond acceptors (Lipinski definition) is 1. The van der Waals surface area contributed by atoms with Crippen molar-refractivity contribution in [3.8, 4) is 66.8 Å². The number of rotatable bonds is 4. The number of benzene rings is 10. The van der Waals surface area contributed by atoms with Gasteiger partial charge in [0.05, 0.1) is 0 Å². The molecule has 0 bridgehead atoms. The van der Waals surface area contributed by atoms with Gasteiger partial charge >= 0.3 is 0 Å². The first-order valence-electron chi connectivity index (χ1n) is 21.5. The Bertz CT molecular complexity index is 3530. The van der Waals surface area contributed by atoms with E-state index >= 15 is 0 Å². The highest BCUT2D eigenvalue weighted by molar-refractivity contribution is 7.26. The van der Waals surface area contributed by atoms with Gasteiger partial charge in [-0.25, -0.2) is 0 Å². The summed E-state index contributed by atoms with van der Waals surface area (Å²) < 4.78 is 2.66. The minimum absolute atomic E-state index is 1.25. The molecule has 1 aromatic heterocycles. The smallest absolute Gasteiger partial charge is 0.0446 e. The maximum absolute atomic E-state index is 2.47. The molecule has 0 radical (unpaired) electrons. The molecule has 0 aliphatic heterocycles. The predicted molar refractivity (Wildman–Crippen MR) is 266 cm³/mol. The SMILES string of the molecule is Cc1cc(C)c(-c2c3c(c(-c4c(C)cc(C)cc4C)c4ccccc24)-c2ccc(-c4c5ccccc5c(-c5ccccc5)c5c4sc4ccccc45)c4cccc-3c24)c(C)c1. The molecule has 1 heterocycles. The summed E-state index contributed by atoms with van der Waals surface area (Å²) >= 11 is 1.94. The predicted octanol–water partition coefficient (Wildman–Crippen LogP) is 17.7. The van der Waals surface area contributed by atoms with Crippen LogP contribution in [-0.4, -0.2) is 0 Å². The highest BCUT2D eigenvalue weighted by Gasteiger charge is 2.33. The minimum atomic E-state index is 1.25. The first-order valence-corrected chi connectivity index (χ1v) is 22.3. The van der Waals surface area contributed by atoms with Crippen molar-refractivity contribution in [1.29, 1.82) is 0 Å². The van der Waals surface area contributed by atoms with Gasteiger partial charge in [-0.05, 0) is 163 Å². The van der Waals surface area contributed by atoms with Crippen LogP contribution in [0.25, 0.3) is 119 Å². The second-order valence-corrected chi connectivity index (χ2v) is 18.5. The number of fused-ring (bicyclic) bond motifs is 8. The van der Waals surface area contributed by atoms with Crippen LogP contribution in [0, 0.1) is 41.5 Å². The summed E-state index contributed by atoms with van der Waals surface area (Å²) in [4.78, 5) is 0. The fourth-order valence-electron chi connectivity index (χ4n) is 11.5. The van der Waals surface area contributed by atoms with E-state index in [1.54, 1.807) is 0 Å². The average molecular weight is 797 g/mol. The van der Waals surface area contributed by atoms with Crippen LogP contribution in [0.3, 0.4) is 0 Å². The van der Waals surface area contributed by atoms with Crippen LogP contribution in [0.1, 0.15) is 33.4 Å². The van der Waals surface area contributed by atoms with Gasteiger partial charge in [-0.1, -0.05) is 163 Å². The average Bonchev–Trinajstić information content (AvgIpc) is 3.80. The van der Waals surface area contributed by atoms with Crippen molar-refractivity contribution < 1.29 is 0 Å². The van der Waals surface area contributed by atoms with Crippen LogP contribution in [0.15, 0.2) is 158 Å². The van der Waals surface area contributed by atoms with E-state index in [1.165, 1.54) is 153 Å². The van der Waals surface area contributed by atoms with Gasteiger partial charge in [-0.15, -0.1) is 11.3 Å². The number of aryl methyl sites for hydroxylation is 6. The van der Waals surface area contributed by atoms with Crippen molar-refractivity contribution in [1.82, 2.24) is 0 Å². The first kappa shape index (κ1) is 36.1. The normalized spacial score (nSPS) is 12.1. The highest BCUT2D eigenvalue weighted by Crippen LogP contribution is 2.61. The maximum Gasteiger partial charge on any atom is 0.0446 e. The van der Waals surface area contributed by atoms with E-state index < -0.39 is 0 Å². The largest absolute Gasteiger partial charge is 0.134 e. The van der Waals surface area contributed by atoms with Crippen molar-refractivity contribution >= 4 is 63.8 Å². The summed E-state index contributed by atoms with van der Waals surface area (Å²) in [6.45, 7) is 13.7. The monoisotopic (exact) mass is 796 g/mol. The van der Waals surface area contributed by atoms with Crippen molar-refractivity contribution in [2.75, 3.05) is 0 Å². The zero-order chi connectivity index (χ0) is 41.3. The zero-order valence-electron chi connectivity index (χ0n) is 35.4. The molecule has 10 aromatic carbocycles. The standard InChI is InChI=1S/C60H44S/c1-33-29-35(3)50(36(4)30-33)55-43-21-12-13-22-44(43)56(51-37(5)31-34(2)32-38(51)6)58-48-28-27-45(41-24-16-25-47(53(41)48)57(55)58)54-42-20-11-10-19-40(42)52(39-17-8-7-9-18-39)59-46-23-14-15-26-49(46)61-60(54)59/h7-32H,1-6H3. The van der Waals surface area contributed by atoms with Gasteiger partial charge in [-0.3, -0.25) is 0 Å². The van der Waals surface area contributed by atoms with E-state index in [0.717, 1.165) is 0 Å². The van der Waals surface area contributed by atoms with E-state index in [1.807, 2.05) is 11.3 Å². The van der Waals surface area contributed by atoms with Gasteiger partial charge in [0.25, 0.3) is 0 Å². The molecule has 0 atom stereocenters. The van der Waals surface area contributed by atoms with Crippen LogP contribution in [0.5, 0.6) is 0 Å². The van der Waals surface area contributed by atoms with Crippen molar-refractivity contribution in [2.24, 2.45) is 0 Å². The lowest BCUT2D eigenvalue weighted by atomic mass is 9.79. The lowest BCUT2D eigenvalue weighted by molar-refractivity contribution is 1.32. The van der Waals surface area contributed by atoms with Crippen LogP contribution >= 0.6 is 11.3 Å². The van der Waals surface area contributed by atoms with Gasteiger partial charge < -0.3 is 0 Å². The Morgan fingerprint density at radius 2 is 0.738 bits per heavy atom. The third-order valence-corrected chi connectivity index (χ3v) is 14.7. The molecule has 0 nitrogen and oxygen atoms in total. The molecular formula is C60H44S. The molecule has 0 amide bonds. The topological polar surface area (TPSA) is 0 Å². The van der Waals surface area contributed by atoms with Crippen molar-refractivity contribution in [3.05, 3.63) is 191 Å². The van der Waals surface area contributed by atoms with E-state index in [0.29, 0.717) is 0 Å². The third kappa shape index (κ3) is 5.11. The van der Waals surface area contributed by atoms with Crippen molar-refractivity contribution in [3.63, 3.8) is 0 Å². The second-order valence-electron chi connectivity index (χ2n) is 17.4. The molecule has 1 aliphatic rings. The number of thiophene rings is 1. The number of hydrogen-bond donors (Lipinski definition) is 0. The zero-order valence-corrected chi connectivity index (χ0v) is 36.2. The summed E-state index contributed by atoms with van der Waals surface area (Å²) in [5.74, 6) is 0. The van der Waals surface area contributed by atoms with E-state index in [9.17, 15) is 0 Å². The summed E-state index contributed by atoms with van der Waals surface area (Å²) in [7, 11) is 0. The molecule has 0 saturated carbocycles. The molecule has 12 rings (SSSR count). The Hall–Kier alpha value is -6.80. The van der Waals surface area contributed by atoms with Gasteiger partial charge in [0, 0.05) is 25.7 Å². The molecule has 0 fully saturated rings. The molecule has 1 heteroatoms. The Balaban J connectivity index is 1.26. The summed E-state index contributed by atoms with van der Waals surface area (Å²) in [6.07, 6.45) is 0.